The fraction of sp³-hybridized carbons (Fsp3) is 0.320. The van der Waals surface area contributed by atoms with Gasteiger partial charge in [-0.25, -0.2) is 14.8 Å². The van der Waals surface area contributed by atoms with Crippen LogP contribution in [0.3, 0.4) is 0 Å². The molecule has 172 valence electrons. The maximum atomic E-state index is 12.7. The van der Waals surface area contributed by atoms with E-state index >= 15 is 0 Å². The van der Waals surface area contributed by atoms with Crippen LogP contribution in [-0.4, -0.2) is 61.3 Å². The van der Waals surface area contributed by atoms with Crippen molar-refractivity contribution in [3.05, 3.63) is 60.4 Å². The quantitative estimate of drug-likeness (QED) is 0.621. The molecular formula is C25H29N5O3. The van der Waals surface area contributed by atoms with Crippen molar-refractivity contribution in [1.29, 1.82) is 0 Å². The van der Waals surface area contributed by atoms with Crippen molar-refractivity contribution in [3.63, 3.8) is 0 Å². The van der Waals surface area contributed by atoms with Gasteiger partial charge in [0.25, 0.3) is 0 Å². The highest BCUT2D eigenvalue weighted by molar-refractivity contribution is 5.92. The Morgan fingerprint density at radius 1 is 1.03 bits per heavy atom. The fourth-order valence-corrected chi connectivity index (χ4v) is 3.94. The predicted octanol–water partition coefficient (Wildman–Crippen LogP) is 3.71. The first-order chi connectivity index (χ1) is 16.0. The Balaban J connectivity index is 1.39. The van der Waals surface area contributed by atoms with Crippen molar-refractivity contribution in [2.24, 2.45) is 0 Å². The molecule has 8 nitrogen and oxygen atoms in total. The number of nitrogens with one attached hydrogen (secondary N) is 1. The van der Waals surface area contributed by atoms with Gasteiger partial charge in [-0.1, -0.05) is 36.4 Å². The molecule has 0 radical (unpaired) electrons. The molecule has 0 unspecified atom stereocenters. The number of amides is 2. The smallest absolute Gasteiger partial charge is 0.317 e. The van der Waals surface area contributed by atoms with Crippen LogP contribution < -0.4 is 19.7 Å². The van der Waals surface area contributed by atoms with Gasteiger partial charge in [0.1, 0.15) is 12.1 Å². The van der Waals surface area contributed by atoms with E-state index in [-0.39, 0.29) is 6.03 Å². The number of fused-ring (bicyclic) bond motifs is 1. The lowest BCUT2D eigenvalue weighted by Gasteiger charge is -2.35. The van der Waals surface area contributed by atoms with Crippen LogP contribution in [0.15, 0.2) is 49.3 Å². The van der Waals surface area contributed by atoms with Crippen LogP contribution in [0.4, 0.5) is 10.6 Å². The number of anilines is 1. The van der Waals surface area contributed by atoms with Gasteiger partial charge in [-0.3, -0.25) is 0 Å². The second-order valence-electron chi connectivity index (χ2n) is 8.03. The molecule has 2 aromatic carbocycles. The Bertz CT molecular complexity index is 1150. The summed E-state index contributed by atoms with van der Waals surface area (Å²) in [6.07, 6.45) is 1.56. The third-order valence-corrected chi connectivity index (χ3v) is 5.88. The zero-order chi connectivity index (χ0) is 23.4. The van der Waals surface area contributed by atoms with Gasteiger partial charge in [0.2, 0.25) is 0 Å². The topological polar surface area (TPSA) is 79.8 Å². The highest BCUT2D eigenvalue weighted by Gasteiger charge is 2.23. The first-order valence-corrected chi connectivity index (χ1v) is 10.9. The Morgan fingerprint density at radius 3 is 2.33 bits per heavy atom. The van der Waals surface area contributed by atoms with Crippen LogP contribution in [0.2, 0.25) is 0 Å². The minimum absolute atomic E-state index is 0.0578. The highest BCUT2D eigenvalue weighted by Crippen LogP contribution is 2.34. The lowest BCUT2D eigenvalue weighted by Crippen LogP contribution is -2.52. The number of ether oxygens (including phenoxy) is 2. The molecule has 1 aliphatic heterocycles. The van der Waals surface area contributed by atoms with Gasteiger partial charge in [-0.15, -0.1) is 0 Å². The van der Waals surface area contributed by atoms with Crippen LogP contribution in [0.25, 0.3) is 16.5 Å². The van der Waals surface area contributed by atoms with E-state index in [2.05, 4.69) is 26.8 Å². The maximum Gasteiger partial charge on any atom is 0.317 e. The van der Waals surface area contributed by atoms with Crippen LogP contribution in [0.5, 0.6) is 11.5 Å². The number of carbonyl (C=O) groups excluding carboxylic acids is 1. The molecule has 33 heavy (non-hydrogen) atoms. The average molecular weight is 448 g/mol. The Hall–Kier alpha value is -3.81. The zero-order valence-corrected chi connectivity index (χ0v) is 19.3. The van der Waals surface area contributed by atoms with Crippen LogP contribution in [0, 0.1) is 0 Å². The van der Waals surface area contributed by atoms with Gasteiger partial charge in [0.05, 0.1) is 19.7 Å². The number of nitrogens with zero attached hydrogens (tertiary/aromatic N) is 4. The predicted molar refractivity (Wildman–Crippen MR) is 130 cm³/mol. The fourth-order valence-electron chi connectivity index (χ4n) is 3.94. The van der Waals surface area contributed by atoms with E-state index in [0.717, 1.165) is 33.4 Å². The van der Waals surface area contributed by atoms with E-state index in [1.165, 1.54) is 0 Å². The van der Waals surface area contributed by atoms with Crippen molar-refractivity contribution in [2.45, 2.75) is 13.5 Å². The number of allylic oxidation sites excluding steroid dienone is 1. The molecule has 2 amide bonds. The number of aromatic nitrogens is 2. The third kappa shape index (κ3) is 4.84. The number of carbonyl (C=O) groups is 1. The summed E-state index contributed by atoms with van der Waals surface area (Å²) in [5, 5.41) is 3.91. The van der Waals surface area contributed by atoms with E-state index < -0.39 is 0 Å². The van der Waals surface area contributed by atoms with E-state index in [4.69, 9.17) is 9.47 Å². The summed E-state index contributed by atoms with van der Waals surface area (Å²) in [7, 11) is 3.21. The summed E-state index contributed by atoms with van der Waals surface area (Å²) in [5.74, 6) is 2.10. The number of urea groups is 1. The number of methoxy groups -OCH3 is 2. The van der Waals surface area contributed by atoms with Crippen molar-refractivity contribution in [1.82, 2.24) is 20.2 Å². The Morgan fingerprint density at radius 2 is 1.70 bits per heavy atom. The molecule has 0 saturated carbocycles. The van der Waals surface area contributed by atoms with Crippen molar-refractivity contribution >= 4 is 28.3 Å². The minimum atomic E-state index is -0.0578. The summed E-state index contributed by atoms with van der Waals surface area (Å²) in [5.41, 5.74) is 3.98. The molecule has 4 rings (SSSR count). The van der Waals surface area contributed by atoms with Crippen molar-refractivity contribution < 1.29 is 14.3 Å². The largest absolute Gasteiger partial charge is 0.493 e. The highest BCUT2D eigenvalue weighted by atomic mass is 16.5. The summed E-state index contributed by atoms with van der Waals surface area (Å²) >= 11 is 0. The third-order valence-electron chi connectivity index (χ3n) is 5.88. The first kappa shape index (κ1) is 22.4. The van der Waals surface area contributed by atoms with Crippen molar-refractivity contribution in [3.8, 4) is 11.5 Å². The number of hydrogen-bond donors (Lipinski definition) is 1. The molecule has 0 spiro atoms. The summed E-state index contributed by atoms with van der Waals surface area (Å²) in [4.78, 5) is 25.6. The summed E-state index contributed by atoms with van der Waals surface area (Å²) < 4.78 is 10.8. The molecular weight excluding hydrogens is 418 g/mol. The molecule has 1 aliphatic rings. The number of benzene rings is 2. The molecule has 0 aliphatic carbocycles. The normalized spacial score (nSPS) is 13.7. The second kappa shape index (κ2) is 9.77. The van der Waals surface area contributed by atoms with E-state index in [1.807, 2.05) is 48.2 Å². The van der Waals surface area contributed by atoms with Crippen LogP contribution in [-0.2, 0) is 6.54 Å². The average Bonchev–Trinajstić information content (AvgIpc) is 2.86. The van der Waals surface area contributed by atoms with Crippen LogP contribution in [0.1, 0.15) is 18.1 Å². The molecule has 0 bridgehead atoms. The van der Waals surface area contributed by atoms with Gasteiger partial charge in [0.15, 0.2) is 11.5 Å². The van der Waals surface area contributed by atoms with Crippen LogP contribution >= 0.6 is 0 Å². The Kier molecular flexibility index (Phi) is 6.63. The van der Waals surface area contributed by atoms with Gasteiger partial charge < -0.3 is 24.6 Å². The second-order valence-corrected chi connectivity index (χ2v) is 8.03. The number of hydrogen-bond acceptors (Lipinski definition) is 6. The molecule has 1 N–H and O–H groups in total. The zero-order valence-electron chi connectivity index (χ0n) is 19.3. The molecule has 2 heterocycles. The summed E-state index contributed by atoms with van der Waals surface area (Å²) in [6.45, 7) is 9.01. The number of piperazine rings is 1. The molecule has 8 heteroatoms. The Labute approximate surface area is 193 Å². The maximum absolute atomic E-state index is 12.7. The molecule has 1 aromatic heterocycles. The van der Waals surface area contributed by atoms with Crippen molar-refractivity contribution in [2.75, 3.05) is 45.3 Å². The number of rotatable bonds is 6. The lowest BCUT2D eigenvalue weighted by molar-refractivity contribution is 0.194. The monoisotopic (exact) mass is 447 g/mol. The summed E-state index contributed by atoms with van der Waals surface area (Å²) in [6, 6.07) is 11.8. The van der Waals surface area contributed by atoms with Gasteiger partial charge in [-0.05, 0) is 24.1 Å². The van der Waals surface area contributed by atoms with Gasteiger partial charge >= 0.3 is 6.03 Å². The molecule has 0 atom stereocenters. The molecule has 3 aromatic rings. The molecule has 1 saturated heterocycles. The first-order valence-electron chi connectivity index (χ1n) is 10.9. The van der Waals surface area contributed by atoms with E-state index in [9.17, 15) is 4.79 Å². The van der Waals surface area contributed by atoms with Gasteiger partial charge in [-0.2, -0.15) is 0 Å². The standard InChI is InChI=1S/C25H29N5O3/c1-17(2)19-7-5-18(6-8-19)15-26-25(31)30-11-9-29(10-12-30)24-20-13-22(32-3)23(33-4)14-21(20)27-16-28-24/h5-8,13-14,16H,1,9-12,15H2,2-4H3,(H,26,31). The SMILES string of the molecule is C=C(C)c1ccc(CNC(=O)N2CCN(c3ncnc4cc(OC)c(OC)cc34)CC2)cc1. The minimum Gasteiger partial charge on any atom is -0.493 e. The van der Waals surface area contributed by atoms with E-state index in [0.29, 0.717) is 44.2 Å². The van der Waals surface area contributed by atoms with E-state index in [1.54, 1.807) is 20.5 Å². The van der Waals surface area contributed by atoms with Gasteiger partial charge in [0, 0.05) is 44.2 Å². The molecule has 1 fully saturated rings. The lowest BCUT2D eigenvalue weighted by atomic mass is 10.1.